The molecular formula is C22H20N4O6. The molecule has 3 aromatic rings. The monoisotopic (exact) mass is 436 g/mol. The number of amides is 2. The highest BCUT2D eigenvalue weighted by Crippen LogP contribution is 2.13. The van der Waals surface area contributed by atoms with E-state index in [-0.39, 0.29) is 18.8 Å². The Balaban J connectivity index is 1.61. The van der Waals surface area contributed by atoms with Crippen LogP contribution in [0.25, 0.3) is 0 Å². The van der Waals surface area contributed by atoms with Gasteiger partial charge in [-0.3, -0.25) is 14.9 Å². The molecule has 2 N–H and O–H groups in total. The maximum absolute atomic E-state index is 12.6. The molecule has 0 spiro atoms. The number of alkyl carbamates (subject to hydrolysis) is 1. The summed E-state index contributed by atoms with van der Waals surface area (Å²) in [5.74, 6) is -0.947. The van der Waals surface area contributed by atoms with Crippen molar-refractivity contribution >= 4 is 24.1 Å². The maximum Gasteiger partial charge on any atom is 0.433 e. The summed E-state index contributed by atoms with van der Waals surface area (Å²) in [6.45, 7) is 0.0573. The largest absolute Gasteiger partial charge is 0.445 e. The fraction of sp³-hybridized carbons (Fsp3) is 0.136. The van der Waals surface area contributed by atoms with Crippen LogP contribution in [0.2, 0.25) is 0 Å². The first-order valence-corrected chi connectivity index (χ1v) is 9.59. The predicted octanol–water partition coefficient (Wildman–Crippen LogP) is 3.18. The summed E-state index contributed by atoms with van der Waals surface area (Å²) in [6.07, 6.45) is 0.572. The number of furan rings is 1. The molecule has 10 heteroatoms. The van der Waals surface area contributed by atoms with E-state index in [1.54, 1.807) is 0 Å². The molecule has 0 bridgehead atoms. The number of carbonyl (C=O) groups excluding carboxylic acids is 2. The second-order valence-electron chi connectivity index (χ2n) is 6.62. The van der Waals surface area contributed by atoms with Gasteiger partial charge in [-0.15, -0.1) is 0 Å². The van der Waals surface area contributed by atoms with Gasteiger partial charge in [0, 0.05) is 6.42 Å². The van der Waals surface area contributed by atoms with E-state index in [0.29, 0.717) is 0 Å². The van der Waals surface area contributed by atoms with Gasteiger partial charge >= 0.3 is 12.0 Å². The molecule has 1 heterocycles. The van der Waals surface area contributed by atoms with Crippen molar-refractivity contribution in [2.75, 3.05) is 0 Å². The first kappa shape index (κ1) is 22.2. The Morgan fingerprint density at radius 2 is 1.69 bits per heavy atom. The van der Waals surface area contributed by atoms with Gasteiger partial charge in [-0.1, -0.05) is 60.7 Å². The van der Waals surface area contributed by atoms with Crippen LogP contribution in [0, 0.1) is 10.1 Å². The number of nitrogens with zero attached hydrogens (tertiary/aromatic N) is 2. The maximum atomic E-state index is 12.6. The quantitative estimate of drug-likeness (QED) is 0.300. The van der Waals surface area contributed by atoms with Crippen molar-refractivity contribution in [1.82, 2.24) is 10.7 Å². The van der Waals surface area contributed by atoms with E-state index in [1.807, 2.05) is 60.7 Å². The SMILES string of the molecule is O=C(NC(Cc1ccccc1)C(=O)N/N=C/c1ccc([N+](=O)[O-])o1)OCc1ccccc1. The third-order valence-electron chi connectivity index (χ3n) is 4.26. The Morgan fingerprint density at radius 1 is 1.03 bits per heavy atom. The molecule has 2 amide bonds. The highest BCUT2D eigenvalue weighted by Gasteiger charge is 2.22. The van der Waals surface area contributed by atoms with Gasteiger partial charge in [0.05, 0.1) is 12.3 Å². The standard InChI is InChI=1S/C22H20N4O6/c27-21(25-23-14-18-11-12-20(32-18)26(29)30)19(13-16-7-3-1-4-8-16)24-22(28)31-15-17-9-5-2-6-10-17/h1-12,14,19H,13,15H2,(H,24,28)(H,25,27)/b23-14+. The van der Waals surface area contributed by atoms with Gasteiger partial charge in [-0.05, 0) is 17.2 Å². The lowest BCUT2D eigenvalue weighted by Gasteiger charge is -2.17. The normalized spacial score (nSPS) is 11.6. The van der Waals surface area contributed by atoms with Crippen LogP contribution in [-0.4, -0.2) is 29.2 Å². The van der Waals surface area contributed by atoms with E-state index < -0.39 is 28.8 Å². The Labute approximate surface area is 183 Å². The number of hydrogen-bond acceptors (Lipinski definition) is 7. The first-order chi connectivity index (χ1) is 15.5. The van der Waals surface area contributed by atoms with Crippen LogP contribution in [0.5, 0.6) is 0 Å². The Kier molecular flexibility index (Phi) is 7.68. The fourth-order valence-corrected chi connectivity index (χ4v) is 2.71. The highest BCUT2D eigenvalue weighted by atomic mass is 16.6. The number of carbonyl (C=O) groups is 2. The van der Waals surface area contributed by atoms with Crippen LogP contribution < -0.4 is 10.7 Å². The van der Waals surface area contributed by atoms with Crippen molar-refractivity contribution in [2.45, 2.75) is 19.1 Å². The van der Waals surface area contributed by atoms with Gasteiger partial charge in [0.2, 0.25) is 0 Å². The molecule has 1 aromatic heterocycles. The van der Waals surface area contributed by atoms with Gasteiger partial charge in [0.1, 0.15) is 17.6 Å². The molecule has 32 heavy (non-hydrogen) atoms. The van der Waals surface area contributed by atoms with E-state index in [4.69, 9.17) is 9.15 Å². The number of ether oxygens (including phenoxy) is 1. The second-order valence-corrected chi connectivity index (χ2v) is 6.62. The van der Waals surface area contributed by atoms with E-state index in [1.165, 1.54) is 12.1 Å². The number of nitro groups is 1. The van der Waals surface area contributed by atoms with E-state index >= 15 is 0 Å². The predicted molar refractivity (Wildman–Crippen MR) is 115 cm³/mol. The molecule has 0 aliphatic rings. The van der Waals surface area contributed by atoms with Crippen molar-refractivity contribution in [2.24, 2.45) is 5.10 Å². The minimum Gasteiger partial charge on any atom is -0.445 e. The molecule has 10 nitrogen and oxygen atoms in total. The molecule has 2 aromatic carbocycles. The van der Waals surface area contributed by atoms with Crippen molar-refractivity contribution in [3.05, 3.63) is 99.8 Å². The summed E-state index contributed by atoms with van der Waals surface area (Å²) < 4.78 is 10.1. The zero-order valence-electron chi connectivity index (χ0n) is 16.8. The van der Waals surface area contributed by atoms with E-state index in [0.717, 1.165) is 17.3 Å². The van der Waals surface area contributed by atoms with Crippen molar-refractivity contribution < 1.29 is 23.7 Å². The molecule has 0 fully saturated rings. The molecule has 0 saturated carbocycles. The lowest BCUT2D eigenvalue weighted by Crippen LogP contribution is -2.47. The van der Waals surface area contributed by atoms with Crippen LogP contribution in [0.3, 0.4) is 0 Å². The molecule has 0 aliphatic carbocycles. The van der Waals surface area contributed by atoms with Crippen LogP contribution >= 0.6 is 0 Å². The number of hydrazone groups is 1. The summed E-state index contributed by atoms with van der Waals surface area (Å²) in [5.41, 5.74) is 3.93. The molecule has 0 saturated heterocycles. The molecule has 164 valence electrons. The van der Waals surface area contributed by atoms with Crippen molar-refractivity contribution in [3.63, 3.8) is 0 Å². The third kappa shape index (κ3) is 6.80. The second kappa shape index (κ2) is 11.1. The zero-order chi connectivity index (χ0) is 22.8. The number of benzene rings is 2. The number of nitrogens with one attached hydrogen (secondary N) is 2. The van der Waals surface area contributed by atoms with E-state index in [9.17, 15) is 19.7 Å². The molecule has 0 aliphatic heterocycles. The summed E-state index contributed by atoms with van der Waals surface area (Å²) in [4.78, 5) is 34.8. The lowest BCUT2D eigenvalue weighted by atomic mass is 10.1. The van der Waals surface area contributed by atoms with Crippen LogP contribution in [0.1, 0.15) is 16.9 Å². The van der Waals surface area contributed by atoms with Crippen molar-refractivity contribution in [3.8, 4) is 0 Å². The van der Waals surface area contributed by atoms with Gasteiger partial charge < -0.3 is 14.5 Å². The zero-order valence-corrected chi connectivity index (χ0v) is 16.8. The summed E-state index contributed by atoms with van der Waals surface area (Å²) >= 11 is 0. The molecule has 1 atom stereocenters. The van der Waals surface area contributed by atoms with Crippen LogP contribution in [0.15, 0.2) is 82.3 Å². The third-order valence-corrected chi connectivity index (χ3v) is 4.26. The number of rotatable bonds is 9. The molecule has 3 rings (SSSR count). The van der Waals surface area contributed by atoms with Crippen molar-refractivity contribution in [1.29, 1.82) is 0 Å². The minimum atomic E-state index is -0.969. The van der Waals surface area contributed by atoms with E-state index in [2.05, 4.69) is 15.8 Å². The number of hydrogen-bond donors (Lipinski definition) is 2. The minimum absolute atomic E-state index is 0.0573. The molecule has 0 radical (unpaired) electrons. The Bertz CT molecular complexity index is 1080. The van der Waals surface area contributed by atoms with Gasteiger partial charge in [0.15, 0.2) is 5.76 Å². The summed E-state index contributed by atoms with van der Waals surface area (Å²) in [7, 11) is 0. The van der Waals surface area contributed by atoms with Gasteiger partial charge in [0.25, 0.3) is 5.91 Å². The smallest absolute Gasteiger partial charge is 0.433 e. The summed E-state index contributed by atoms with van der Waals surface area (Å²) in [6, 6.07) is 19.8. The Hall–Kier alpha value is -4.47. The highest BCUT2D eigenvalue weighted by molar-refractivity contribution is 5.87. The topological polar surface area (TPSA) is 136 Å². The lowest BCUT2D eigenvalue weighted by molar-refractivity contribution is -0.402. The average molecular weight is 436 g/mol. The van der Waals surface area contributed by atoms with Gasteiger partial charge in [-0.25, -0.2) is 10.2 Å². The summed E-state index contributed by atoms with van der Waals surface area (Å²) in [5, 5.41) is 16.9. The van der Waals surface area contributed by atoms with Gasteiger partial charge in [-0.2, -0.15) is 5.10 Å². The fourth-order valence-electron chi connectivity index (χ4n) is 2.71. The first-order valence-electron chi connectivity index (χ1n) is 9.59. The Morgan fingerprint density at radius 3 is 2.31 bits per heavy atom. The average Bonchev–Trinajstić information content (AvgIpc) is 3.28. The van der Waals surface area contributed by atoms with Crippen LogP contribution in [-0.2, 0) is 22.6 Å². The molecule has 1 unspecified atom stereocenters. The van der Waals surface area contributed by atoms with Crippen LogP contribution in [0.4, 0.5) is 10.7 Å². The molecular weight excluding hydrogens is 416 g/mol.